The van der Waals surface area contributed by atoms with Gasteiger partial charge in [0.25, 0.3) is 0 Å². The number of halogens is 1. The van der Waals surface area contributed by atoms with Gasteiger partial charge >= 0.3 is 0 Å². The molecule has 1 aliphatic rings. The number of benzene rings is 1. The van der Waals surface area contributed by atoms with Crippen molar-refractivity contribution >= 4 is 5.78 Å². The van der Waals surface area contributed by atoms with Crippen LogP contribution < -0.4 is 4.74 Å². The highest BCUT2D eigenvalue weighted by Crippen LogP contribution is 2.42. The quantitative estimate of drug-likeness (QED) is 0.789. The molecule has 2 N–H and O–H groups in total. The van der Waals surface area contributed by atoms with E-state index in [1.165, 1.54) is 13.0 Å². The Kier molecular flexibility index (Phi) is 2.49. The van der Waals surface area contributed by atoms with E-state index in [1.54, 1.807) is 6.92 Å². The standard InChI is InChI=1S/C12H13FO4/c1-3-12(2)11(13)10(16)9-7(15)4-6(14)5-8(9)17-12/h4-5,11,14-15H,3H2,1-2H3. The summed E-state index contributed by atoms with van der Waals surface area (Å²) in [6.07, 6.45) is -1.52. The molecule has 17 heavy (non-hydrogen) atoms. The second-order valence-corrected chi connectivity index (χ2v) is 4.33. The Hall–Kier alpha value is -1.78. The zero-order chi connectivity index (χ0) is 12.8. The number of Topliss-reactive ketones (excluding diaryl/α,β-unsaturated/α-hetero) is 1. The van der Waals surface area contributed by atoms with E-state index in [0.29, 0.717) is 6.42 Å². The topological polar surface area (TPSA) is 66.8 Å². The summed E-state index contributed by atoms with van der Waals surface area (Å²) in [6, 6.07) is 2.19. The Morgan fingerprint density at radius 3 is 2.71 bits per heavy atom. The number of hydrogen-bond acceptors (Lipinski definition) is 4. The zero-order valence-electron chi connectivity index (χ0n) is 9.53. The Morgan fingerprint density at radius 2 is 2.12 bits per heavy atom. The number of aromatic hydroxyl groups is 2. The van der Waals surface area contributed by atoms with Crippen LogP contribution in [0.4, 0.5) is 4.39 Å². The lowest BCUT2D eigenvalue weighted by molar-refractivity contribution is -0.00399. The molecule has 2 unspecified atom stereocenters. The molecule has 0 aromatic heterocycles. The van der Waals surface area contributed by atoms with Crippen LogP contribution >= 0.6 is 0 Å². The number of alkyl halides is 1. The molecular formula is C12H13FO4. The van der Waals surface area contributed by atoms with E-state index in [2.05, 4.69) is 0 Å². The first-order valence-electron chi connectivity index (χ1n) is 5.32. The summed E-state index contributed by atoms with van der Waals surface area (Å²) in [7, 11) is 0. The van der Waals surface area contributed by atoms with E-state index >= 15 is 0 Å². The second kappa shape index (κ2) is 3.61. The van der Waals surface area contributed by atoms with Crippen LogP contribution in [0.15, 0.2) is 12.1 Å². The number of ether oxygens (including phenoxy) is 1. The predicted octanol–water partition coefficient (Wildman–Crippen LogP) is 2.18. The number of carbonyl (C=O) groups excluding carboxylic acids is 1. The van der Waals surface area contributed by atoms with Crippen LogP contribution in [0.1, 0.15) is 30.6 Å². The fourth-order valence-corrected chi connectivity index (χ4v) is 1.87. The highest BCUT2D eigenvalue weighted by atomic mass is 19.1. The van der Waals surface area contributed by atoms with Crippen molar-refractivity contribution in [3.8, 4) is 17.2 Å². The van der Waals surface area contributed by atoms with Crippen molar-refractivity contribution in [3.05, 3.63) is 17.7 Å². The van der Waals surface area contributed by atoms with Gasteiger partial charge in [-0.2, -0.15) is 0 Å². The fourth-order valence-electron chi connectivity index (χ4n) is 1.87. The molecule has 0 spiro atoms. The van der Waals surface area contributed by atoms with Crippen LogP contribution in [0, 0.1) is 0 Å². The number of rotatable bonds is 1. The van der Waals surface area contributed by atoms with Crippen molar-refractivity contribution in [2.24, 2.45) is 0 Å². The van der Waals surface area contributed by atoms with Gasteiger partial charge in [-0.05, 0) is 13.3 Å². The summed E-state index contributed by atoms with van der Waals surface area (Å²) in [6.45, 7) is 3.19. The van der Waals surface area contributed by atoms with Gasteiger partial charge in [0.05, 0.1) is 0 Å². The first kappa shape index (κ1) is 11.7. The number of phenols is 2. The molecule has 0 radical (unpaired) electrons. The van der Waals surface area contributed by atoms with E-state index in [4.69, 9.17) is 4.74 Å². The first-order chi connectivity index (χ1) is 7.89. The molecule has 2 rings (SSSR count). The van der Waals surface area contributed by atoms with Crippen molar-refractivity contribution < 1.29 is 24.1 Å². The van der Waals surface area contributed by atoms with Crippen molar-refractivity contribution in [2.75, 3.05) is 0 Å². The smallest absolute Gasteiger partial charge is 0.208 e. The van der Waals surface area contributed by atoms with Gasteiger partial charge < -0.3 is 14.9 Å². The van der Waals surface area contributed by atoms with Gasteiger partial charge in [-0.3, -0.25) is 4.79 Å². The van der Waals surface area contributed by atoms with Gasteiger partial charge in [0.1, 0.15) is 28.4 Å². The Morgan fingerprint density at radius 1 is 1.47 bits per heavy atom. The molecule has 0 amide bonds. The number of ketones is 1. The minimum absolute atomic E-state index is 0.0192. The molecule has 1 aliphatic heterocycles. The van der Waals surface area contributed by atoms with Gasteiger partial charge in [0, 0.05) is 12.1 Å². The summed E-state index contributed by atoms with van der Waals surface area (Å²) >= 11 is 0. The molecule has 0 fully saturated rings. The van der Waals surface area contributed by atoms with E-state index in [9.17, 15) is 19.4 Å². The Balaban J connectivity index is 2.61. The number of fused-ring (bicyclic) bond motifs is 1. The third-order valence-corrected chi connectivity index (χ3v) is 3.12. The van der Waals surface area contributed by atoms with Crippen LogP contribution in [0.5, 0.6) is 17.2 Å². The zero-order valence-corrected chi connectivity index (χ0v) is 9.53. The summed E-state index contributed by atoms with van der Waals surface area (Å²) in [4.78, 5) is 11.8. The highest BCUT2D eigenvalue weighted by molar-refractivity contribution is 6.06. The molecule has 0 saturated carbocycles. The van der Waals surface area contributed by atoms with Gasteiger partial charge in [-0.25, -0.2) is 4.39 Å². The van der Waals surface area contributed by atoms with Gasteiger partial charge in [-0.1, -0.05) is 6.92 Å². The summed E-state index contributed by atoms with van der Waals surface area (Å²) in [5, 5.41) is 18.9. The van der Waals surface area contributed by atoms with Crippen molar-refractivity contribution in [2.45, 2.75) is 32.0 Å². The maximum absolute atomic E-state index is 13.9. The summed E-state index contributed by atoms with van der Waals surface area (Å²) in [5.74, 6) is -1.49. The lowest BCUT2D eigenvalue weighted by Crippen LogP contribution is -2.49. The van der Waals surface area contributed by atoms with Crippen LogP contribution in [0.3, 0.4) is 0 Å². The first-order valence-corrected chi connectivity index (χ1v) is 5.32. The molecule has 0 saturated heterocycles. The molecule has 1 aromatic rings. The third kappa shape index (κ3) is 1.62. The predicted molar refractivity (Wildman–Crippen MR) is 58.3 cm³/mol. The van der Waals surface area contributed by atoms with Crippen molar-refractivity contribution in [3.63, 3.8) is 0 Å². The minimum atomic E-state index is -1.82. The maximum atomic E-state index is 13.9. The normalized spacial score (nSPS) is 27.5. The molecule has 92 valence electrons. The average Bonchev–Trinajstić information content (AvgIpc) is 2.25. The minimum Gasteiger partial charge on any atom is -0.508 e. The molecular weight excluding hydrogens is 227 g/mol. The largest absolute Gasteiger partial charge is 0.508 e. The highest BCUT2D eigenvalue weighted by Gasteiger charge is 2.47. The third-order valence-electron chi connectivity index (χ3n) is 3.12. The van der Waals surface area contributed by atoms with E-state index in [1.807, 2.05) is 0 Å². The molecule has 0 bridgehead atoms. The number of carbonyl (C=O) groups is 1. The maximum Gasteiger partial charge on any atom is 0.208 e. The summed E-state index contributed by atoms with van der Waals surface area (Å²) < 4.78 is 19.3. The van der Waals surface area contributed by atoms with Crippen molar-refractivity contribution in [1.29, 1.82) is 0 Å². The van der Waals surface area contributed by atoms with E-state index in [-0.39, 0.29) is 17.1 Å². The van der Waals surface area contributed by atoms with Gasteiger partial charge in [-0.15, -0.1) is 0 Å². The lowest BCUT2D eigenvalue weighted by Gasteiger charge is -2.36. The Labute approximate surface area is 97.6 Å². The van der Waals surface area contributed by atoms with Crippen LogP contribution in [0.2, 0.25) is 0 Å². The van der Waals surface area contributed by atoms with E-state index in [0.717, 1.165) is 6.07 Å². The molecule has 2 atom stereocenters. The lowest BCUT2D eigenvalue weighted by atomic mass is 9.87. The van der Waals surface area contributed by atoms with Crippen molar-refractivity contribution in [1.82, 2.24) is 0 Å². The van der Waals surface area contributed by atoms with E-state index < -0.39 is 23.3 Å². The average molecular weight is 240 g/mol. The number of hydrogen-bond donors (Lipinski definition) is 2. The molecule has 1 aromatic carbocycles. The fraction of sp³-hybridized carbons (Fsp3) is 0.417. The van der Waals surface area contributed by atoms with Gasteiger partial charge in [0.2, 0.25) is 12.0 Å². The monoisotopic (exact) mass is 240 g/mol. The SMILES string of the molecule is CCC1(C)Oc2cc(O)cc(O)c2C(=O)C1F. The van der Waals surface area contributed by atoms with Crippen LogP contribution in [-0.2, 0) is 0 Å². The second-order valence-electron chi connectivity index (χ2n) is 4.33. The molecule has 0 aliphatic carbocycles. The molecule has 4 nitrogen and oxygen atoms in total. The molecule has 5 heteroatoms. The summed E-state index contributed by atoms with van der Waals surface area (Å²) in [5.41, 5.74) is -1.47. The molecule has 1 heterocycles. The van der Waals surface area contributed by atoms with Gasteiger partial charge in [0.15, 0.2) is 0 Å². The Bertz CT molecular complexity index is 486. The van der Waals surface area contributed by atoms with Crippen LogP contribution in [-0.4, -0.2) is 27.8 Å². The van der Waals surface area contributed by atoms with Crippen LogP contribution in [0.25, 0.3) is 0 Å². The number of phenolic OH excluding ortho intramolecular Hbond substituents is 2.